The summed E-state index contributed by atoms with van der Waals surface area (Å²) < 4.78 is 31.1. The molecule has 1 saturated heterocycles. The first-order valence-corrected chi connectivity index (χ1v) is 10.6. The average molecular weight is 449 g/mol. The number of aromatic nitrogens is 6. The van der Waals surface area contributed by atoms with Crippen molar-refractivity contribution in [3.8, 4) is 17.2 Å². The van der Waals surface area contributed by atoms with Crippen LogP contribution in [0.5, 0.6) is 0 Å². The maximum Gasteiger partial charge on any atom is 0.259 e. The molecule has 168 valence electrons. The first-order chi connectivity index (χ1) is 15.8. The van der Waals surface area contributed by atoms with Gasteiger partial charge in [-0.1, -0.05) is 6.07 Å². The lowest BCUT2D eigenvalue weighted by atomic mass is 9.90. The highest BCUT2D eigenvalue weighted by molar-refractivity contribution is 5.82. The summed E-state index contributed by atoms with van der Waals surface area (Å²) in [5.41, 5.74) is 2.95. The third-order valence-electron chi connectivity index (χ3n) is 5.87. The highest BCUT2D eigenvalue weighted by Crippen LogP contribution is 2.40. The largest absolute Gasteiger partial charge is 0.342 e. The third kappa shape index (κ3) is 3.92. The van der Waals surface area contributed by atoms with Crippen molar-refractivity contribution in [2.45, 2.75) is 32.1 Å². The predicted molar refractivity (Wildman–Crippen MR) is 117 cm³/mol. The van der Waals surface area contributed by atoms with Gasteiger partial charge < -0.3 is 4.90 Å². The van der Waals surface area contributed by atoms with Crippen molar-refractivity contribution in [1.82, 2.24) is 34.6 Å². The summed E-state index contributed by atoms with van der Waals surface area (Å²) in [5.74, 6) is -3.95. The Morgan fingerprint density at radius 1 is 1.12 bits per heavy atom. The number of nitrogens with zero attached hydrogens (tertiary/aromatic N) is 7. The smallest absolute Gasteiger partial charge is 0.259 e. The molecule has 1 amide bonds. The van der Waals surface area contributed by atoms with Crippen LogP contribution in [0.15, 0.2) is 49.1 Å². The molecule has 5 rings (SSSR count). The third-order valence-corrected chi connectivity index (χ3v) is 5.87. The molecular weight excluding hydrogens is 428 g/mol. The van der Waals surface area contributed by atoms with E-state index in [4.69, 9.17) is 0 Å². The second-order valence-corrected chi connectivity index (χ2v) is 8.18. The zero-order valence-corrected chi connectivity index (χ0v) is 18.1. The lowest BCUT2D eigenvalue weighted by molar-refractivity contribution is -0.137. The van der Waals surface area contributed by atoms with E-state index < -0.39 is 11.8 Å². The molecular formula is C23H21F2N7O. The van der Waals surface area contributed by atoms with Crippen LogP contribution in [0.2, 0.25) is 0 Å². The maximum atomic E-state index is 14.8. The molecule has 8 nitrogen and oxygen atoms in total. The van der Waals surface area contributed by atoms with E-state index in [1.54, 1.807) is 47.7 Å². The number of amides is 1. The molecule has 33 heavy (non-hydrogen) atoms. The molecule has 1 aliphatic rings. The number of pyridine rings is 2. The summed E-state index contributed by atoms with van der Waals surface area (Å²) in [6.45, 7) is 3.21. The van der Waals surface area contributed by atoms with Crippen molar-refractivity contribution < 1.29 is 13.6 Å². The molecule has 4 aromatic heterocycles. The SMILES string of the molecule is CC(=O)N1CCC(F)(F)C(c2cccc(-n3ncc4cnc(-c5cncc(C)n5)cc43)n2)C1. The topological polar surface area (TPSA) is 89.7 Å². The fraction of sp³-hybridized carbons (Fsp3) is 0.304. The molecule has 0 spiro atoms. The molecule has 4 aromatic rings. The van der Waals surface area contributed by atoms with Crippen LogP contribution in [-0.4, -0.2) is 59.5 Å². The van der Waals surface area contributed by atoms with Gasteiger partial charge in [-0.05, 0) is 25.1 Å². The highest BCUT2D eigenvalue weighted by Gasteiger charge is 2.46. The van der Waals surface area contributed by atoms with E-state index in [1.165, 1.54) is 11.8 Å². The normalized spacial score (nSPS) is 17.9. The number of alkyl halides is 2. The van der Waals surface area contributed by atoms with Crippen LogP contribution in [0.4, 0.5) is 8.78 Å². The van der Waals surface area contributed by atoms with Crippen LogP contribution < -0.4 is 0 Å². The van der Waals surface area contributed by atoms with Gasteiger partial charge in [-0.15, -0.1) is 0 Å². The summed E-state index contributed by atoms with van der Waals surface area (Å²) in [6, 6.07) is 6.80. The van der Waals surface area contributed by atoms with Gasteiger partial charge in [0.05, 0.1) is 40.9 Å². The van der Waals surface area contributed by atoms with Crippen molar-refractivity contribution >= 4 is 16.8 Å². The van der Waals surface area contributed by atoms with Crippen LogP contribution in [0.1, 0.15) is 30.7 Å². The van der Waals surface area contributed by atoms with Gasteiger partial charge in [0.15, 0.2) is 5.82 Å². The minimum Gasteiger partial charge on any atom is -0.342 e. The number of hydrogen-bond acceptors (Lipinski definition) is 6. The van der Waals surface area contributed by atoms with E-state index in [0.29, 0.717) is 22.7 Å². The number of fused-ring (bicyclic) bond motifs is 1. The van der Waals surface area contributed by atoms with E-state index in [2.05, 4.69) is 25.0 Å². The van der Waals surface area contributed by atoms with E-state index in [1.807, 2.05) is 13.0 Å². The minimum atomic E-state index is -2.95. The molecule has 0 N–H and O–H groups in total. The molecule has 1 atom stereocenters. The molecule has 5 heterocycles. The van der Waals surface area contributed by atoms with Gasteiger partial charge in [0.1, 0.15) is 5.69 Å². The fourth-order valence-corrected chi connectivity index (χ4v) is 4.08. The first-order valence-electron chi connectivity index (χ1n) is 10.6. The van der Waals surface area contributed by atoms with Crippen molar-refractivity contribution in [3.63, 3.8) is 0 Å². The van der Waals surface area contributed by atoms with Gasteiger partial charge >= 0.3 is 0 Å². The van der Waals surface area contributed by atoms with E-state index >= 15 is 0 Å². The predicted octanol–water partition coefficient (Wildman–Crippen LogP) is 3.55. The summed E-state index contributed by atoms with van der Waals surface area (Å²) in [6.07, 6.45) is 6.24. The molecule has 10 heteroatoms. The van der Waals surface area contributed by atoms with Crippen LogP contribution in [0, 0.1) is 6.92 Å². The maximum absolute atomic E-state index is 14.8. The van der Waals surface area contributed by atoms with Crippen LogP contribution in [-0.2, 0) is 4.79 Å². The minimum absolute atomic E-state index is 0.0416. The molecule has 0 saturated carbocycles. The number of piperidine rings is 1. The molecule has 0 radical (unpaired) electrons. The summed E-state index contributed by atoms with van der Waals surface area (Å²) in [7, 11) is 0. The fourth-order valence-electron chi connectivity index (χ4n) is 4.08. The molecule has 1 fully saturated rings. The summed E-state index contributed by atoms with van der Waals surface area (Å²) in [4.78, 5) is 30.8. The summed E-state index contributed by atoms with van der Waals surface area (Å²) in [5, 5.41) is 5.19. The Hall–Kier alpha value is -3.82. The number of likely N-dealkylation sites (tertiary alicyclic amines) is 1. The Balaban J connectivity index is 1.55. The number of carbonyl (C=O) groups is 1. The molecule has 0 aliphatic carbocycles. The second kappa shape index (κ2) is 7.95. The van der Waals surface area contributed by atoms with Crippen LogP contribution >= 0.6 is 0 Å². The number of carbonyl (C=O) groups excluding carboxylic acids is 1. The zero-order valence-electron chi connectivity index (χ0n) is 18.1. The Morgan fingerprint density at radius 3 is 2.76 bits per heavy atom. The Morgan fingerprint density at radius 2 is 1.97 bits per heavy atom. The van der Waals surface area contributed by atoms with Crippen LogP contribution in [0.25, 0.3) is 28.1 Å². The van der Waals surface area contributed by atoms with Crippen molar-refractivity contribution in [3.05, 3.63) is 60.4 Å². The number of halogens is 2. The van der Waals surface area contributed by atoms with E-state index in [0.717, 1.165) is 11.1 Å². The van der Waals surface area contributed by atoms with Crippen molar-refractivity contribution in [1.29, 1.82) is 0 Å². The average Bonchev–Trinajstić information content (AvgIpc) is 3.22. The molecule has 0 bridgehead atoms. The molecule has 0 aromatic carbocycles. The number of hydrogen-bond donors (Lipinski definition) is 0. The van der Waals surface area contributed by atoms with Gasteiger partial charge in [0.2, 0.25) is 5.91 Å². The Bertz CT molecular complexity index is 1350. The number of rotatable bonds is 3. The first kappa shape index (κ1) is 21.0. The Kier molecular flexibility index (Phi) is 5.07. The van der Waals surface area contributed by atoms with Gasteiger partial charge in [0, 0.05) is 44.2 Å². The van der Waals surface area contributed by atoms with Gasteiger partial charge in [-0.3, -0.25) is 14.8 Å². The lowest BCUT2D eigenvalue weighted by Crippen LogP contribution is -2.47. The van der Waals surface area contributed by atoms with Crippen molar-refractivity contribution in [2.75, 3.05) is 13.1 Å². The monoisotopic (exact) mass is 449 g/mol. The van der Waals surface area contributed by atoms with Gasteiger partial charge in [0.25, 0.3) is 5.92 Å². The molecule has 1 unspecified atom stereocenters. The highest BCUT2D eigenvalue weighted by atomic mass is 19.3. The second-order valence-electron chi connectivity index (χ2n) is 8.18. The van der Waals surface area contributed by atoms with Gasteiger partial charge in [-0.25, -0.2) is 23.4 Å². The summed E-state index contributed by atoms with van der Waals surface area (Å²) >= 11 is 0. The van der Waals surface area contributed by atoms with Crippen LogP contribution in [0.3, 0.4) is 0 Å². The van der Waals surface area contributed by atoms with E-state index in [9.17, 15) is 13.6 Å². The van der Waals surface area contributed by atoms with Crippen molar-refractivity contribution in [2.24, 2.45) is 0 Å². The quantitative estimate of drug-likeness (QED) is 0.475. The zero-order chi connectivity index (χ0) is 23.2. The number of aryl methyl sites for hydroxylation is 1. The Labute approximate surface area is 188 Å². The lowest BCUT2D eigenvalue weighted by Gasteiger charge is -2.37. The standard InChI is InChI=1S/C23H21F2N7O/c1-14-9-26-12-20(29-14)19-8-21-16(10-27-19)11-28-32(21)22-5-3-4-18(30-22)17-13-31(15(2)33)7-6-23(17,24)25/h3-5,8-12,17H,6-7,13H2,1-2H3. The van der Waals surface area contributed by atoms with E-state index in [-0.39, 0.29) is 31.1 Å². The molecule has 1 aliphatic heterocycles. The van der Waals surface area contributed by atoms with Gasteiger partial charge in [-0.2, -0.15) is 5.10 Å².